The molecule has 0 heterocycles. The number of rotatable bonds is 6. The fourth-order valence-electron chi connectivity index (χ4n) is 1.63. The van der Waals surface area contributed by atoms with Crippen molar-refractivity contribution in [1.82, 2.24) is 0 Å². The Bertz CT molecular complexity index is 444. The predicted molar refractivity (Wildman–Crippen MR) is 77.9 cm³/mol. The quantitative estimate of drug-likeness (QED) is 0.357. The Morgan fingerprint density at radius 1 is 1.47 bits per heavy atom. The van der Waals surface area contributed by atoms with Crippen LogP contribution in [0.4, 0.5) is 5.69 Å². The van der Waals surface area contributed by atoms with Crippen LogP contribution >= 0.6 is 0 Å². The van der Waals surface area contributed by atoms with Crippen LogP contribution in [0.5, 0.6) is 0 Å². The number of nitrogens with two attached hydrogens (primary N) is 1. The maximum absolute atomic E-state index is 8.69. The predicted octanol–water partition coefficient (Wildman–Crippen LogP) is 2.03. The first kappa shape index (κ1) is 15.3. The van der Waals surface area contributed by atoms with Crippen molar-refractivity contribution in [1.29, 1.82) is 0 Å². The third-order valence-corrected chi connectivity index (χ3v) is 3.29. The van der Waals surface area contributed by atoms with Gasteiger partial charge in [0.15, 0.2) is 5.84 Å². The molecule has 0 unspecified atom stereocenters. The highest BCUT2D eigenvalue weighted by Crippen LogP contribution is 2.18. The minimum Gasteiger partial charge on any atom is -0.409 e. The molecule has 0 atom stereocenters. The third kappa shape index (κ3) is 4.44. The van der Waals surface area contributed by atoms with E-state index >= 15 is 0 Å². The van der Waals surface area contributed by atoms with Crippen LogP contribution < -0.4 is 10.6 Å². The van der Waals surface area contributed by atoms with Crippen molar-refractivity contribution in [3.63, 3.8) is 0 Å². The summed E-state index contributed by atoms with van der Waals surface area (Å²) in [7, 11) is 3.73. The summed E-state index contributed by atoms with van der Waals surface area (Å²) in [5, 5.41) is 11.7. The van der Waals surface area contributed by atoms with E-state index in [2.05, 4.69) is 23.9 Å². The Morgan fingerprint density at radius 2 is 2.16 bits per heavy atom. The number of benzene rings is 1. The number of nitrogens with zero attached hydrogens (tertiary/aromatic N) is 2. The molecule has 106 valence electrons. The number of anilines is 1. The molecule has 1 rings (SSSR count). The zero-order valence-electron chi connectivity index (χ0n) is 12.1. The molecular weight excluding hydrogens is 242 g/mol. The second-order valence-corrected chi connectivity index (χ2v) is 5.17. The topological polar surface area (TPSA) is 71.1 Å². The van der Waals surface area contributed by atoms with Gasteiger partial charge in [0.2, 0.25) is 0 Å². The standard InChI is InChI=1S/C14H23N3O2/c1-14(2,19-4)8-9-17(3)12-7-5-6-11(10-12)13(15)16-18/h5-7,10,18H,8-9H2,1-4H3,(H2,15,16). The van der Waals surface area contributed by atoms with Gasteiger partial charge in [0, 0.05) is 32.0 Å². The van der Waals surface area contributed by atoms with E-state index in [4.69, 9.17) is 15.7 Å². The van der Waals surface area contributed by atoms with Crippen LogP contribution in [0.15, 0.2) is 29.4 Å². The molecule has 0 bridgehead atoms. The Hall–Kier alpha value is -1.75. The molecule has 0 aliphatic heterocycles. The Kier molecular flexibility index (Phi) is 5.18. The molecule has 5 heteroatoms. The highest BCUT2D eigenvalue weighted by molar-refractivity contribution is 5.97. The fraction of sp³-hybridized carbons (Fsp3) is 0.500. The first-order chi connectivity index (χ1) is 8.89. The monoisotopic (exact) mass is 265 g/mol. The summed E-state index contributed by atoms with van der Waals surface area (Å²) in [5.41, 5.74) is 7.18. The summed E-state index contributed by atoms with van der Waals surface area (Å²) >= 11 is 0. The largest absolute Gasteiger partial charge is 0.409 e. The number of hydrogen-bond donors (Lipinski definition) is 2. The molecule has 0 spiro atoms. The lowest BCUT2D eigenvalue weighted by molar-refractivity contribution is 0.0174. The van der Waals surface area contributed by atoms with Gasteiger partial charge in [0.1, 0.15) is 0 Å². The maximum atomic E-state index is 8.69. The number of amidine groups is 1. The average Bonchev–Trinajstić information content (AvgIpc) is 2.44. The first-order valence-electron chi connectivity index (χ1n) is 6.24. The average molecular weight is 265 g/mol. The molecule has 0 saturated heterocycles. The van der Waals surface area contributed by atoms with E-state index in [9.17, 15) is 0 Å². The smallest absolute Gasteiger partial charge is 0.170 e. The van der Waals surface area contributed by atoms with Gasteiger partial charge in [-0.05, 0) is 32.4 Å². The lowest BCUT2D eigenvalue weighted by atomic mass is 10.0. The van der Waals surface area contributed by atoms with Crippen molar-refractivity contribution in [2.24, 2.45) is 10.9 Å². The number of methoxy groups -OCH3 is 1. The van der Waals surface area contributed by atoms with Gasteiger partial charge in [-0.3, -0.25) is 0 Å². The maximum Gasteiger partial charge on any atom is 0.170 e. The Balaban J connectivity index is 2.75. The van der Waals surface area contributed by atoms with Crippen molar-refractivity contribution >= 4 is 11.5 Å². The lowest BCUT2D eigenvalue weighted by Crippen LogP contribution is -2.30. The van der Waals surface area contributed by atoms with Crippen LogP contribution in [0.3, 0.4) is 0 Å². The third-order valence-electron chi connectivity index (χ3n) is 3.29. The second-order valence-electron chi connectivity index (χ2n) is 5.17. The van der Waals surface area contributed by atoms with E-state index < -0.39 is 0 Å². The van der Waals surface area contributed by atoms with E-state index in [1.165, 1.54) is 0 Å². The van der Waals surface area contributed by atoms with Gasteiger partial charge in [-0.25, -0.2) is 0 Å². The fourth-order valence-corrected chi connectivity index (χ4v) is 1.63. The van der Waals surface area contributed by atoms with Crippen LogP contribution in [0.2, 0.25) is 0 Å². The van der Waals surface area contributed by atoms with Crippen molar-refractivity contribution in [2.75, 3.05) is 25.6 Å². The molecule has 5 nitrogen and oxygen atoms in total. The second kappa shape index (κ2) is 6.43. The number of oxime groups is 1. The minimum absolute atomic E-state index is 0.118. The number of hydrogen-bond acceptors (Lipinski definition) is 4. The Morgan fingerprint density at radius 3 is 2.74 bits per heavy atom. The first-order valence-corrected chi connectivity index (χ1v) is 6.24. The number of ether oxygens (including phenoxy) is 1. The summed E-state index contributed by atoms with van der Waals surface area (Å²) in [6, 6.07) is 7.59. The minimum atomic E-state index is -0.141. The lowest BCUT2D eigenvalue weighted by Gasteiger charge is -2.27. The van der Waals surface area contributed by atoms with Crippen molar-refractivity contribution in [3.8, 4) is 0 Å². The van der Waals surface area contributed by atoms with Crippen LogP contribution in [0.1, 0.15) is 25.8 Å². The van der Waals surface area contributed by atoms with Gasteiger partial charge in [-0.1, -0.05) is 17.3 Å². The van der Waals surface area contributed by atoms with Gasteiger partial charge in [-0.2, -0.15) is 0 Å². The molecule has 19 heavy (non-hydrogen) atoms. The van der Waals surface area contributed by atoms with Gasteiger partial charge in [0.25, 0.3) is 0 Å². The highest BCUT2D eigenvalue weighted by atomic mass is 16.5. The van der Waals surface area contributed by atoms with E-state index in [1.54, 1.807) is 7.11 Å². The highest BCUT2D eigenvalue weighted by Gasteiger charge is 2.17. The molecular formula is C14H23N3O2. The normalized spacial score (nSPS) is 12.5. The van der Waals surface area contributed by atoms with Gasteiger partial charge in [-0.15, -0.1) is 0 Å². The van der Waals surface area contributed by atoms with Crippen LogP contribution in [-0.2, 0) is 4.74 Å². The van der Waals surface area contributed by atoms with Crippen molar-refractivity contribution < 1.29 is 9.94 Å². The van der Waals surface area contributed by atoms with E-state index in [0.29, 0.717) is 5.56 Å². The summed E-state index contributed by atoms with van der Waals surface area (Å²) in [6.07, 6.45) is 0.911. The summed E-state index contributed by atoms with van der Waals surface area (Å²) in [5.74, 6) is 0.118. The molecule has 0 saturated carbocycles. The Labute approximate surface area is 114 Å². The molecule has 1 aromatic rings. The molecule has 0 radical (unpaired) electrons. The van der Waals surface area contributed by atoms with Crippen LogP contribution in [-0.4, -0.2) is 37.3 Å². The SMILES string of the molecule is COC(C)(C)CCN(C)c1cccc(/C(N)=N/O)c1. The van der Waals surface area contributed by atoms with E-state index in [-0.39, 0.29) is 11.4 Å². The molecule has 0 aliphatic carbocycles. The molecule has 1 aromatic carbocycles. The molecule has 0 amide bonds. The van der Waals surface area contributed by atoms with Crippen molar-refractivity contribution in [3.05, 3.63) is 29.8 Å². The van der Waals surface area contributed by atoms with E-state index in [0.717, 1.165) is 18.7 Å². The van der Waals surface area contributed by atoms with E-state index in [1.807, 2.05) is 31.3 Å². The molecule has 0 aliphatic rings. The zero-order chi connectivity index (χ0) is 14.5. The summed E-state index contributed by atoms with van der Waals surface area (Å²) in [4.78, 5) is 2.12. The summed E-state index contributed by atoms with van der Waals surface area (Å²) < 4.78 is 5.40. The van der Waals surface area contributed by atoms with Gasteiger partial charge in [0.05, 0.1) is 5.60 Å². The molecule has 3 N–H and O–H groups in total. The van der Waals surface area contributed by atoms with Crippen molar-refractivity contribution in [2.45, 2.75) is 25.9 Å². The molecule has 0 fully saturated rings. The van der Waals surface area contributed by atoms with Crippen LogP contribution in [0, 0.1) is 0 Å². The van der Waals surface area contributed by atoms with Crippen LogP contribution in [0.25, 0.3) is 0 Å². The zero-order valence-corrected chi connectivity index (χ0v) is 12.1. The van der Waals surface area contributed by atoms with Gasteiger partial charge < -0.3 is 20.6 Å². The summed E-state index contributed by atoms with van der Waals surface area (Å²) in [6.45, 7) is 4.99. The molecule has 0 aromatic heterocycles. The van der Waals surface area contributed by atoms with Gasteiger partial charge >= 0.3 is 0 Å².